The minimum Gasteiger partial charge on any atom is -0.467 e. The van der Waals surface area contributed by atoms with Crippen LogP contribution in [0.15, 0.2) is 24.3 Å². The summed E-state index contributed by atoms with van der Waals surface area (Å²) in [6.45, 7) is 3.70. The van der Waals surface area contributed by atoms with Crippen molar-refractivity contribution in [1.29, 1.82) is 0 Å². The first-order valence-electron chi connectivity index (χ1n) is 8.72. The molecule has 1 unspecified atom stereocenters. The van der Waals surface area contributed by atoms with Gasteiger partial charge in [0.25, 0.3) is 0 Å². The molecule has 2 rings (SSSR count). The van der Waals surface area contributed by atoms with E-state index in [4.69, 9.17) is 4.74 Å². The number of thiazole rings is 1. The molecule has 0 radical (unpaired) electrons. The van der Waals surface area contributed by atoms with Crippen molar-refractivity contribution in [2.45, 2.75) is 57.9 Å². The highest BCUT2D eigenvalue weighted by molar-refractivity contribution is 7.18. The molecule has 136 valence electrons. The molecule has 5 nitrogen and oxygen atoms in total. The van der Waals surface area contributed by atoms with E-state index in [9.17, 15) is 9.59 Å². The third-order valence-corrected chi connectivity index (χ3v) is 5.28. The molecule has 1 N–H and O–H groups in total. The van der Waals surface area contributed by atoms with Crippen LogP contribution < -0.4 is 5.32 Å². The number of unbranched alkanes of at least 4 members (excludes halogenated alkanes) is 1. The number of aromatic nitrogens is 1. The summed E-state index contributed by atoms with van der Waals surface area (Å²) in [6, 6.07) is 8.10. The Balaban J connectivity index is 1.78. The predicted octanol–water partition coefficient (Wildman–Crippen LogP) is 3.86. The van der Waals surface area contributed by atoms with Crippen molar-refractivity contribution < 1.29 is 14.3 Å². The van der Waals surface area contributed by atoms with Gasteiger partial charge in [-0.05, 0) is 44.7 Å². The third-order valence-electron chi connectivity index (χ3n) is 4.18. The highest BCUT2D eigenvalue weighted by atomic mass is 32.1. The highest BCUT2D eigenvalue weighted by Gasteiger charge is 2.34. The minimum absolute atomic E-state index is 0.106. The van der Waals surface area contributed by atoms with Crippen LogP contribution in [0.4, 0.5) is 0 Å². The fourth-order valence-corrected chi connectivity index (χ4v) is 3.91. The van der Waals surface area contributed by atoms with Crippen molar-refractivity contribution >= 4 is 33.4 Å². The van der Waals surface area contributed by atoms with Gasteiger partial charge in [-0.1, -0.05) is 25.5 Å². The molecule has 25 heavy (non-hydrogen) atoms. The van der Waals surface area contributed by atoms with Crippen molar-refractivity contribution in [3.8, 4) is 0 Å². The second kappa shape index (κ2) is 8.94. The van der Waals surface area contributed by atoms with Crippen molar-refractivity contribution in [2.75, 3.05) is 7.11 Å². The molecule has 1 atom stereocenters. The van der Waals surface area contributed by atoms with Gasteiger partial charge in [-0.3, -0.25) is 4.79 Å². The van der Waals surface area contributed by atoms with Crippen molar-refractivity contribution in [2.24, 2.45) is 0 Å². The first kappa shape index (κ1) is 19.4. The Hall–Kier alpha value is -1.95. The van der Waals surface area contributed by atoms with E-state index in [-0.39, 0.29) is 5.91 Å². The molecule has 1 aromatic heterocycles. The van der Waals surface area contributed by atoms with Gasteiger partial charge in [-0.15, -0.1) is 11.3 Å². The summed E-state index contributed by atoms with van der Waals surface area (Å²) in [5.41, 5.74) is 0.0989. The number of aryl methyl sites for hydroxylation is 1. The first-order chi connectivity index (χ1) is 12.0. The van der Waals surface area contributed by atoms with Crippen LogP contribution in [-0.4, -0.2) is 29.5 Å². The van der Waals surface area contributed by atoms with Gasteiger partial charge >= 0.3 is 5.97 Å². The zero-order valence-electron chi connectivity index (χ0n) is 15.1. The molecular weight excluding hydrogens is 336 g/mol. The number of esters is 1. The Morgan fingerprint density at radius 2 is 2.04 bits per heavy atom. The molecule has 0 saturated carbocycles. The van der Waals surface area contributed by atoms with E-state index in [2.05, 4.69) is 16.4 Å². The zero-order chi connectivity index (χ0) is 18.3. The summed E-state index contributed by atoms with van der Waals surface area (Å²) in [5, 5.41) is 3.94. The van der Waals surface area contributed by atoms with E-state index in [1.165, 1.54) is 11.8 Å². The van der Waals surface area contributed by atoms with E-state index in [0.717, 1.165) is 36.2 Å². The number of benzene rings is 1. The highest BCUT2D eigenvalue weighted by Crippen LogP contribution is 2.23. The topological polar surface area (TPSA) is 68.3 Å². The molecule has 0 aliphatic heterocycles. The molecule has 0 spiro atoms. The fourth-order valence-electron chi connectivity index (χ4n) is 2.90. The predicted molar refractivity (Wildman–Crippen MR) is 101 cm³/mol. The summed E-state index contributed by atoms with van der Waals surface area (Å²) in [6.07, 6.45) is 4.30. The Kier molecular flexibility index (Phi) is 6.93. The van der Waals surface area contributed by atoms with Crippen molar-refractivity contribution in [1.82, 2.24) is 10.3 Å². The van der Waals surface area contributed by atoms with Gasteiger partial charge in [0.1, 0.15) is 5.54 Å². The van der Waals surface area contributed by atoms with Gasteiger partial charge in [0.05, 0.1) is 22.3 Å². The van der Waals surface area contributed by atoms with Crippen LogP contribution in [0.2, 0.25) is 0 Å². The molecule has 0 bridgehead atoms. The number of methoxy groups -OCH3 is 1. The number of hydrogen-bond donors (Lipinski definition) is 1. The first-order valence-corrected chi connectivity index (χ1v) is 9.54. The number of fused-ring (bicyclic) bond motifs is 1. The summed E-state index contributed by atoms with van der Waals surface area (Å²) in [7, 11) is 1.35. The molecule has 2 aromatic rings. The summed E-state index contributed by atoms with van der Waals surface area (Å²) in [5.74, 6) is -0.497. The van der Waals surface area contributed by atoms with Gasteiger partial charge in [-0.2, -0.15) is 0 Å². The van der Waals surface area contributed by atoms with Crippen LogP contribution in [0.25, 0.3) is 10.2 Å². The Morgan fingerprint density at radius 3 is 2.72 bits per heavy atom. The van der Waals surface area contributed by atoms with Crippen LogP contribution in [0.3, 0.4) is 0 Å². The largest absolute Gasteiger partial charge is 0.467 e. The van der Waals surface area contributed by atoms with Gasteiger partial charge in [0, 0.05) is 6.42 Å². The summed E-state index contributed by atoms with van der Waals surface area (Å²) >= 11 is 1.71. The zero-order valence-corrected chi connectivity index (χ0v) is 15.9. The maximum atomic E-state index is 12.2. The molecule has 0 saturated heterocycles. The maximum absolute atomic E-state index is 12.2. The molecule has 1 amide bonds. The lowest BCUT2D eigenvalue weighted by molar-refractivity contribution is -0.150. The van der Waals surface area contributed by atoms with E-state index in [1.54, 1.807) is 18.3 Å². The van der Waals surface area contributed by atoms with Crippen molar-refractivity contribution in [3.05, 3.63) is 29.3 Å². The number of ether oxygens (including phenoxy) is 1. The normalized spacial score (nSPS) is 13.4. The Bertz CT molecular complexity index is 695. The van der Waals surface area contributed by atoms with Crippen LogP contribution in [0.1, 0.15) is 51.0 Å². The molecule has 0 aliphatic rings. The number of hydrogen-bond acceptors (Lipinski definition) is 5. The van der Waals surface area contributed by atoms with Gasteiger partial charge in [0.15, 0.2) is 0 Å². The third kappa shape index (κ3) is 5.26. The van der Waals surface area contributed by atoms with E-state index in [0.29, 0.717) is 12.8 Å². The van der Waals surface area contributed by atoms with Gasteiger partial charge in [0.2, 0.25) is 5.91 Å². The van der Waals surface area contributed by atoms with Crippen LogP contribution in [-0.2, 0) is 20.7 Å². The second-order valence-corrected chi connectivity index (χ2v) is 7.52. The van der Waals surface area contributed by atoms with E-state index in [1.807, 2.05) is 25.1 Å². The average molecular weight is 362 g/mol. The Labute approximate surface area is 152 Å². The lowest BCUT2D eigenvalue weighted by atomic mass is 9.96. The average Bonchev–Trinajstić information content (AvgIpc) is 3.01. The monoisotopic (exact) mass is 362 g/mol. The standard InChI is InChI=1S/C19H26N2O3S/c1-4-13-19(2,18(23)24-3)21-16(22)11-7-8-12-17-20-14-9-5-6-10-15(14)25-17/h5-6,9-10H,4,7-8,11-13H2,1-3H3,(H,21,22). The molecular formula is C19H26N2O3S. The van der Waals surface area contributed by atoms with Crippen LogP contribution in [0, 0.1) is 0 Å². The number of nitrogens with zero attached hydrogens (tertiary/aromatic N) is 1. The van der Waals surface area contributed by atoms with Crippen LogP contribution >= 0.6 is 11.3 Å². The lowest BCUT2D eigenvalue weighted by Crippen LogP contribution is -2.52. The summed E-state index contributed by atoms with van der Waals surface area (Å²) < 4.78 is 6.02. The van der Waals surface area contributed by atoms with E-state index >= 15 is 0 Å². The SMILES string of the molecule is CCCC(C)(NC(=O)CCCCc1nc2ccccc2s1)C(=O)OC. The number of rotatable bonds is 9. The lowest BCUT2D eigenvalue weighted by Gasteiger charge is -2.27. The number of amides is 1. The number of para-hydroxylation sites is 1. The van der Waals surface area contributed by atoms with Crippen LogP contribution in [0.5, 0.6) is 0 Å². The van der Waals surface area contributed by atoms with E-state index < -0.39 is 11.5 Å². The minimum atomic E-state index is -0.937. The van der Waals surface area contributed by atoms with Gasteiger partial charge in [-0.25, -0.2) is 9.78 Å². The van der Waals surface area contributed by atoms with Crippen molar-refractivity contribution in [3.63, 3.8) is 0 Å². The fraction of sp³-hybridized carbons (Fsp3) is 0.526. The number of nitrogens with one attached hydrogen (secondary N) is 1. The van der Waals surface area contributed by atoms with Gasteiger partial charge < -0.3 is 10.1 Å². The maximum Gasteiger partial charge on any atom is 0.331 e. The summed E-state index contributed by atoms with van der Waals surface area (Å²) in [4.78, 5) is 28.7. The smallest absolute Gasteiger partial charge is 0.331 e. The molecule has 1 heterocycles. The second-order valence-electron chi connectivity index (χ2n) is 6.40. The molecule has 0 aliphatic carbocycles. The quantitative estimate of drug-likeness (QED) is 0.543. The molecule has 0 fully saturated rings. The Morgan fingerprint density at radius 1 is 1.28 bits per heavy atom. The number of carbonyl (C=O) groups is 2. The molecule has 1 aromatic carbocycles. The molecule has 6 heteroatoms. The number of carbonyl (C=O) groups excluding carboxylic acids is 2.